The van der Waals surface area contributed by atoms with Gasteiger partial charge in [0.15, 0.2) is 0 Å². The Morgan fingerprint density at radius 2 is 1.95 bits per heavy atom. The van der Waals surface area contributed by atoms with Crippen molar-refractivity contribution < 1.29 is 14.3 Å². The maximum Gasteiger partial charge on any atom is 0.256 e. The number of ether oxygens (including phenoxy) is 1. The molecule has 112 valence electrons. The van der Waals surface area contributed by atoms with Crippen molar-refractivity contribution in [1.29, 1.82) is 0 Å². The van der Waals surface area contributed by atoms with Crippen LogP contribution in [0.5, 0.6) is 5.88 Å². The molecular weight excluding hydrogens is 282 g/mol. The average Bonchev–Trinajstić information content (AvgIpc) is 2.82. The lowest BCUT2D eigenvalue weighted by molar-refractivity contribution is -0.121. The Labute approximate surface area is 127 Å². The highest BCUT2D eigenvalue weighted by Crippen LogP contribution is 2.25. The number of carbonyl (C=O) groups excluding carboxylic acids is 2. The smallest absolute Gasteiger partial charge is 0.256 e. The van der Waals surface area contributed by atoms with Gasteiger partial charge in [0.05, 0.1) is 25.4 Å². The van der Waals surface area contributed by atoms with Crippen molar-refractivity contribution in [3.05, 3.63) is 48.7 Å². The number of imide groups is 1. The fourth-order valence-electron chi connectivity index (χ4n) is 2.38. The summed E-state index contributed by atoms with van der Waals surface area (Å²) in [6.45, 7) is 0. The first-order valence-electron chi connectivity index (χ1n) is 6.87. The van der Waals surface area contributed by atoms with Crippen LogP contribution in [0.25, 0.3) is 0 Å². The van der Waals surface area contributed by atoms with Crippen molar-refractivity contribution in [2.45, 2.75) is 12.5 Å². The Bertz CT molecular complexity index is 686. The highest BCUT2D eigenvalue weighted by atomic mass is 16.5. The van der Waals surface area contributed by atoms with E-state index in [1.54, 1.807) is 12.1 Å². The molecule has 1 fully saturated rings. The molecule has 0 bridgehead atoms. The average molecular weight is 297 g/mol. The summed E-state index contributed by atoms with van der Waals surface area (Å²) in [5.74, 6) is -0.0898. The summed E-state index contributed by atoms with van der Waals surface area (Å²) >= 11 is 0. The largest absolute Gasteiger partial charge is 0.481 e. The number of pyridine rings is 1. The quantitative estimate of drug-likeness (QED) is 0.872. The number of anilines is 2. The van der Waals surface area contributed by atoms with Gasteiger partial charge >= 0.3 is 0 Å². The molecule has 1 aliphatic rings. The van der Waals surface area contributed by atoms with E-state index in [1.807, 2.05) is 30.3 Å². The van der Waals surface area contributed by atoms with Crippen molar-refractivity contribution in [3.8, 4) is 5.88 Å². The number of nitrogens with zero attached hydrogens (tertiary/aromatic N) is 2. The van der Waals surface area contributed by atoms with Crippen LogP contribution in [0.2, 0.25) is 0 Å². The molecule has 0 spiro atoms. The number of methoxy groups -OCH3 is 1. The molecule has 1 aromatic carbocycles. The molecule has 6 nitrogen and oxygen atoms in total. The minimum absolute atomic E-state index is 0.125. The molecule has 3 rings (SSSR count). The molecule has 1 atom stereocenters. The highest BCUT2D eigenvalue weighted by Gasteiger charge is 2.39. The van der Waals surface area contributed by atoms with Crippen LogP contribution in [0.3, 0.4) is 0 Å². The maximum absolute atomic E-state index is 12.5. The van der Waals surface area contributed by atoms with E-state index < -0.39 is 6.04 Å². The SMILES string of the molecule is COc1ccc(N2C(=O)C[C@@H](Nc3ccccc3)C2=O)cn1. The first kappa shape index (κ1) is 14.1. The number of nitrogens with one attached hydrogen (secondary N) is 1. The second-order valence-corrected chi connectivity index (χ2v) is 4.89. The third-order valence-electron chi connectivity index (χ3n) is 3.45. The number of rotatable bonds is 4. The first-order chi connectivity index (χ1) is 10.7. The number of amides is 2. The van der Waals surface area contributed by atoms with E-state index in [0.29, 0.717) is 11.6 Å². The molecule has 2 aromatic rings. The van der Waals surface area contributed by atoms with Crippen LogP contribution in [0.15, 0.2) is 48.7 Å². The molecule has 1 N–H and O–H groups in total. The van der Waals surface area contributed by atoms with Crippen molar-refractivity contribution in [3.63, 3.8) is 0 Å². The normalized spacial score (nSPS) is 17.7. The van der Waals surface area contributed by atoms with Crippen molar-refractivity contribution in [2.75, 3.05) is 17.3 Å². The molecule has 1 aromatic heterocycles. The molecular formula is C16H15N3O3. The lowest BCUT2D eigenvalue weighted by atomic mass is 10.2. The Morgan fingerprint density at radius 3 is 2.59 bits per heavy atom. The third kappa shape index (κ3) is 2.63. The van der Waals surface area contributed by atoms with E-state index >= 15 is 0 Å². The lowest BCUT2D eigenvalue weighted by Gasteiger charge is -2.16. The molecule has 0 saturated carbocycles. The van der Waals surface area contributed by atoms with Crippen molar-refractivity contribution >= 4 is 23.2 Å². The van der Waals surface area contributed by atoms with Crippen molar-refractivity contribution in [2.24, 2.45) is 0 Å². The van der Waals surface area contributed by atoms with Crippen LogP contribution in [0.4, 0.5) is 11.4 Å². The van der Waals surface area contributed by atoms with Crippen molar-refractivity contribution in [1.82, 2.24) is 4.98 Å². The zero-order chi connectivity index (χ0) is 15.5. The summed E-state index contributed by atoms with van der Waals surface area (Å²) in [4.78, 5) is 29.8. The van der Waals surface area contributed by atoms with Crippen LogP contribution in [-0.2, 0) is 9.59 Å². The van der Waals surface area contributed by atoms with E-state index in [0.717, 1.165) is 10.6 Å². The number of benzene rings is 1. The fourth-order valence-corrected chi connectivity index (χ4v) is 2.38. The van der Waals surface area contributed by atoms with E-state index in [9.17, 15) is 9.59 Å². The third-order valence-corrected chi connectivity index (χ3v) is 3.45. The van der Waals surface area contributed by atoms with Gasteiger partial charge in [-0.05, 0) is 18.2 Å². The van der Waals surface area contributed by atoms with E-state index in [-0.39, 0.29) is 18.2 Å². The highest BCUT2D eigenvalue weighted by molar-refractivity contribution is 6.23. The standard InChI is InChI=1S/C16H15N3O3/c1-22-14-8-7-12(10-17-14)19-15(20)9-13(16(19)21)18-11-5-3-2-4-6-11/h2-8,10,13,18H,9H2,1H3/t13-/m1/s1. The summed E-state index contributed by atoms with van der Waals surface area (Å²) < 4.78 is 4.97. The predicted octanol–water partition coefficient (Wildman–Crippen LogP) is 1.83. The molecule has 1 aliphatic heterocycles. The predicted molar refractivity (Wildman–Crippen MR) is 81.8 cm³/mol. The molecule has 0 radical (unpaired) electrons. The molecule has 2 amide bonds. The van der Waals surface area contributed by atoms with Crippen LogP contribution in [0.1, 0.15) is 6.42 Å². The van der Waals surface area contributed by atoms with Gasteiger partial charge in [0, 0.05) is 11.8 Å². The summed E-state index contributed by atoms with van der Waals surface area (Å²) in [6, 6.07) is 12.0. The minimum Gasteiger partial charge on any atom is -0.481 e. The number of carbonyl (C=O) groups is 2. The van der Waals surface area contributed by atoms with Crippen LogP contribution < -0.4 is 15.0 Å². The number of para-hydroxylation sites is 1. The zero-order valence-electron chi connectivity index (χ0n) is 12.0. The molecule has 2 heterocycles. The monoisotopic (exact) mass is 297 g/mol. The van der Waals surface area contributed by atoms with Gasteiger partial charge in [0.25, 0.3) is 5.91 Å². The first-order valence-corrected chi connectivity index (χ1v) is 6.87. The van der Waals surface area contributed by atoms with Gasteiger partial charge < -0.3 is 10.1 Å². The van der Waals surface area contributed by atoms with Gasteiger partial charge in [-0.1, -0.05) is 18.2 Å². The van der Waals surface area contributed by atoms with Gasteiger partial charge in [0.1, 0.15) is 6.04 Å². The molecule has 22 heavy (non-hydrogen) atoms. The summed E-state index contributed by atoms with van der Waals surface area (Å²) in [7, 11) is 1.51. The topological polar surface area (TPSA) is 71.5 Å². The second kappa shape index (κ2) is 5.85. The van der Waals surface area contributed by atoms with Gasteiger partial charge in [0.2, 0.25) is 11.8 Å². The van der Waals surface area contributed by atoms with Gasteiger partial charge in [-0.3, -0.25) is 9.59 Å². The number of hydrogen-bond acceptors (Lipinski definition) is 5. The van der Waals surface area contributed by atoms with E-state index in [2.05, 4.69) is 10.3 Å². The lowest BCUT2D eigenvalue weighted by Crippen LogP contribution is -2.34. The minimum atomic E-state index is -0.558. The Balaban J connectivity index is 1.79. The van der Waals surface area contributed by atoms with E-state index in [4.69, 9.17) is 4.74 Å². The maximum atomic E-state index is 12.5. The molecule has 0 unspecified atom stereocenters. The zero-order valence-corrected chi connectivity index (χ0v) is 12.0. The second-order valence-electron chi connectivity index (χ2n) is 4.89. The van der Waals surface area contributed by atoms with Crippen LogP contribution >= 0.6 is 0 Å². The Hall–Kier alpha value is -2.89. The summed E-state index contributed by atoms with van der Waals surface area (Å²) in [6.07, 6.45) is 1.58. The summed E-state index contributed by atoms with van der Waals surface area (Å²) in [5.41, 5.74) is 1.26. The molecule has 6 heteroatoms. The van der Waals surface area contributed by atoms with Gasteiger partial charge in [-0.15, -0.1) is 0 Å². The van der Waals surface area contributed by atoms with Gasteiger partial charge in [-0.2, -0.15) is 0 Å². The van der Waals surface area contributed by atoms with Crippen LogP contribution in [-0.4, -0.2) is 29.9 Å². The van der Waals surface area contributed by atoms with E-state index in [1.165, 1.54) is 13.3 Å². The van der Waals surface area contributed by atoms with Crippen LogP contribution in [0, 0.1) is 0 Å². The van der Waals surface area contributed by atoms with Gasteiger partial charge in [-0.25, -0.2) is 9.88 Å². The molecule has 1 saturated heterocycles. The summed E-state index contributed by atoms with van der Waals surface area (Å²) in [5, 5.41) is 3.09. The molecule has 0 aliphatic carbocycles. The Kier molecular flexibility index (Phi) is 3.74. The fraction of sp³-hybridized carbons (Fsp3) is 0.188. The number of hydrogen-bond donors (Lipinski definition) is 1. The number of aromatic nitrogens is 1. The Morgan fingerprint density at radius 1 is 1.18 bits per heavy atom.